The highest BCUT2D eigenvalue weighted by atomic mass is 16.5. The van der Waals surface area contributed by atoms with Crippen molar-refractivity contribution in [2.75, 3.05) is 26.1 Å². The summed E-state index contributed by atoms with van der Waals surface area (Å²) in [7, 11) is 1.64. The summed E-state index contributed by atoms with van der Waals surface area (Å²) in [6.07, 6.45) is 0.237. The summed E-state index contributed by atoms with van der Waals surface area (Å²) in [5, 5.41) is 0. The highest BCUT2D eigenvalue weighted by molar-refractivity contribution is 5.47. The van der Waals surface area contributed by atoms with Crippen LogP contribution in [0.3, 0.4) is 0 Å². The van der Waals surface area contributed by atoms with Crippen molar-refractivity contribution in [1.29, 1.82) is 0 Å². The Hall–Kier alpha value is -1.26. The smallest absolute Gasteiger partial charge is 0.124 e. The summed E-state index contributed by atoms with van der Waals surface area (Å²) < 4.78 is 16.1. The first kappa shape index (κ1) is 13.8. The van der Waals surface area contributed by atoms with Crippen LogP contribution in [0.2, 0.25) is 0 Å². The third-order valence-corrected chi connectivity index (χ3v) is 2.24. The van der Waals surface area contributed by atoms with Gasteiger partial charge in [-0.1, -0.05) is 0 Å². The molecule has 0 aromatic heterocycles. The van der Waals surface area contributed by atoms with Crippen LogP contribution in [-0.4, -0.2) is 26.4 Å². The standard InChI is InChI=1S/C13H21NO3/c1-10(2)17-7-6-16-9-11-8-12(14)4-5-13(11)15-3/h4-5,8,10H,6-7,9,14H2,1-3H3. The van der Waals surface area contributed by atoms with Crippen molar-refractivity contribution in [2.45, 2.75) is 26.6 Å². The third kappa shape index (κ3) is 5.06. The molecular weight excluding hydrogens is 218 g/mol. The number of anilines is 1. The topological polar surface area (TPSA) is 53.7 Å². The molecule has 1 rings (SSSR count). The predicted octanol–water partition coefficient (Wildman–Crippen LogP) is 2.22. The molecule has 0 spiro atoms. The van der Waals surface area contributed by atoms with Gasteiger partial charge in [-0.15, -0.1) is 0 Å². The molecule has 0 bridgehead atoms. The van der Waals surface area contributed by atoms with Crippen LogP contribution >= 0.6 is 0 Å². The fourth-order valence-electron chi connectivity index (χ4n) is 1.44. The predicted molar refractivity (Wildman–Crippen MR) is 68.2 cm³/mol. The van der Waals surface area contributed by atoms with Gasteiger partial charge in [0.1, 0.15) is 5.75 Å². The number of nitrogens with two attached hydrogens (primary N) is 1. The van der Waals surface area contributed by atoms with Gasteiger partial charge in [-0.2, -0.15) is 0 Å². The molecule has 96 valence electrons. The third-order valence-electron chi connectivity index (χ3n) is 2.24. The Bertz CT molecular complexity index is 339. The molecule has 0 unspecified atom stereocenters. The van der Waals surface area contributed by atoms with E-state index < -0.39 is 0 Å². The number of ether oxygens (including phenoxy) is 3. The van der Waals surface area contributed by atoms with Gasteiger partial charge in [0, 0.05) is 11.3 Å². The van der Waals surface area contributed by atoms with E-state index in [9.17, 15) is 0 Å². The monoisotopic (exact) mass is 239 g/mol. The van der Waals surface area contributed by atoms with Gasteiger partial charge >= 0.3 is 0 Å². The van der Waals surface area contributed by atoms with Crippen LogP contribution in [0.25, 0.3) is 0 Å². The van der Waals surface area contributed by atoms with Crippen LogP contribution < -0.4 is 10.5 Å². The SMILES string of the molecule is COc1ccc(N)cc1COCCOC(C)C. The van der Waals surface area contributed by atoms with Gasteiger partial charge in [-0.3, -0.25) is 0 Å². The molecule has 0 aliphatic heterocycles. The lowest BCUT2D eigenvalue weighted by Crippen LogP contribution is -2.09. The molecule has 1 aromatic carbocycles. The maximum atomic E-state index is 5.72. The minimum atomic E-state index is 0.237. The molecule has 2 N–H and O–H groups in total. The first-order chi connectivity index (χ1) is 8.13. The summed E-state index contributed by atoms with van der Waals surface area (Å²) in [5.74, 6) is 0.795. The van der Waals surface area contributed by atoms with E-state index in [0.29, 0.717) is 25.5 Å². The Morgan fingerprint density at radius 2 is 2.00 bits per heavy atom. The van der Waals surface area contributed by atoms with Gasteiger partial charge in [0.2, 0.25) is 0 Å². The first-order valence-corrected chi connectivity index (χ1v) is 5.75. The molecule has 0 amide bonds. The van der Waals surface area contributed by atoms with E-state index in [1.165, 1.54) is 0 Å². The van der Waals surface area contributed by atoms with Gasteiger partial charge < -0.3 is 19.9 Å². The quantitative estimate of drug-likeness (QED) is 0.585. The number of hydrogen-bond donors (Lipinski definition) is 1. The lowest BCUT2D eigenvalue weighted by molar-refractivity contribution is 0.0139. The molecule has 4 nitrogen and oxygen atoms in total. The Kier molecular flexibility index (Phi) is 5.80. The second kappa shape index (κ2) is 7.14. The van der Waals surface area contributed by atoms with Gasteiger partial charge in [0.15, 0.2) is 0 Å². The summed E-state index contributed by atoms with van der Waals surface area (Å²) in [5.41, 5.74) is 7.38. The minimum Gasteiger partial charge on any atom is -0.496 e. The summed E-state index contributed by atoms with van der Waals surface area (Å²) in [4.78, 5) is 0. The van der Waals surface area contributed by atoms with Crippen molar-refractivity contribution in [3.05, 3.63) is 23.8 Å². The van der Waals surface area contributed by atoms with E-state index in [4.69, 9.17) is 19.9 Å². The van der Waals surface area contributed by atoms with E-state index in [0.717, 1.165) is 11.3 Å². The normalized spacial score (nSPS) is 10.8. The summed E-state index contributed by atoms with van der Waals surface area (Å²) >= 11 is 0. The molecule has 0 radical (unpaired) electrons. The maximum Gasteiger partial charge on any atom is 0.124 e. The van der Waals surface area contributed by atoms with E-state index in [2.05, 4.69) is 0 Å². The van der Waals surface area contributed by atoms with Gasteiger partial charge in [-0.05, 0) is 32.0 Å². The molecule has 4 heteroatoms. The molecule has 1 aromatic rings. The Balaban J connectivity index is 2.37. The van der Waals surface area contributed by atoms with Crippen LogP contribution in [0.5, 0.6) is 5.75 Å². The van der Waals surface area contributed by atoms with Crippen LogP contribution in [0.4, 0.5) is 5.69 Å². The molecule has 17 heavy (non-hydrogen) atoms. The Morgan fingerprint density at radius 3 is 2.65 bits per heavy atom. The lowest BCUT2D eigenvalue weighted by atomic mass is 10.2. The summed E-state index contributed by atoms with van der Waals surface area (Å²) in [6.45, 7) is 5.65. The van der Waals surface area contributed by atoms with Gasteiger partial charge in [0.25, 0.3) is 0 Å². The van der Waals surface area contributed by atoms with E-state index in [1.54, 1.807) is 7.11 Å². The number of nitrogen functional groups attached to an aromatic ring is 1. The van der Waals surface area contributed by atoms with Gasteiger partial charge in [0.05, 0.1) is 33.0 Å². The zero-order valence-electron chi connectivity index (χ0n) is 10.7. The number of benzene rings is 1. The summed E-state index contributed by atoms with van der Waals surface area (Å²) in [6, 6.07) is 5.52. The zero-order chi connectivity index (χ0) is 12.7. The molecule has 0 aliphatic carbocycles. The Labute approximate surface area is 103 Å². The molecular formula is C13H21NO3. The van der Waals surface area contributed by atoms with Crippen LogP contribution in [0, 0.1) is 0 Å². The highest BCUT2D eigenvalue weighted by Gasteiger charge is 2.03. The molecule has 0 saturated heterocycles. The molecule has 0 atom stereocenters. The van der Waals surface area contributed by atoms with Crippen molar-refractivity contribution in [1.82, 2.24) is 0 Å². The largest absolute Gasteiger partial charge is 0.496 e. The van der Waals surface area contributed by atoms with Crippen molar-refractivity contribution < 1.29 is 14.2 Å². The molecule has 0 aliphatic rings. The van der Waals surface area contributed by atoms with Crippen molar-refractivity contribution in [2.24, 2.45) is 0 Å². The van der Waals surface area contributed by atoms with E-state index in [1.807, 2.05) is 32.0 Å². The maximum absolute atomic E-state index is 5.72. The van der Waals surface area contributed by atoms with Crippen LogP contribution in [-0.2, 0) is 16.1 Å². The highest BCUT2D eigenvalue weighted by Crippen LogP contribution is 2.21. The fourth-order valence-corrected chi connectivity index (χ4v) is 1.44. The van der Waals surface area contributed by atoms with Crippen molar-refractivity contribution in [3.63, 3.8) is 0 Å². The average molecular weight is 239 g/mol. The van der Waals surface area contributed by atoms with Crippen LogP contribution in [0.15, 0.2) is 18.2 Å². The molecule has 0 saturated carbocycles. The minimum absolute atomic E-state index is 0.237. The second-order valence-corrected chi connectivity index (χ2v) is 4.04. The fraction of sp³-hybridized carbons (Fsp3) is 0.538. The average Bonchev–Trinajstić information content (AvgIpc) is 2.28. The number of hydrogen-bond acceptors (Lipinski definition) is 4. The van der Waals surface area contributed by atoms with E-state index >= 15 is 0 Å². The van der Waals surface area contributed by atoms with Crippen molar-refractivity contribution >= 4 is 5.69 Å². The lowest BCUT2D eigenvalue weighted by Gasteiger charge is -2.11. The number of methoxy groups -OCH3 is 1. The number of rotatable bonds is 7. The Morgan fingerprint density at radius 1 is 1.24 bits per heavy atom. The first-order valence-electron chi connectivity index (χ1n) is 5.75. The van der Waals surface area contributed by atoms with E-state index in [-0.39, 0.29) is 6.10 Å². The second-order valence-electron chi connectivity index (χ2n) is 4.04. The molecule has 0 fully saturated rings. The van der Waals surface area contributed by atoms with Crippen LogP contribution in [0.1, 0.15) is 19.4 Å². The van der Waals surface area contributed by atoms with Crippen molar-refractivity contribution in [3.8, 4) is 5.75 Å². The van der Waals surface area contributed by atoms with Gasteiger partial charge in [-0.25, -0.2) is 0 Å². The zero-order valence-corrected chi connectivity index (χ0v) is 10.7. The molecule has 0 heterocycles.